The zero-order chi connectivity index (χ0) is 11.2. The van der Waals surface area contributed by atoms with E-state index in [1.165, 1.54) is 6.21 Å². The Morgan fingerprint density at radius 3 is 2.88 bits per heavy atom. The van der Waals surface area contributed by atoms with Gasteiger partial charge in [-0.2, -0.15) is 0 Å². The van der Waals surface area contributed by atoms with Crippen molar-refractivity contribution in [3.8, 4) is 5.75 Å². The van der Waals surface area contributed by atoms with E-state index < -0.39 is 0 Å². The highest BCUT2D eigenvalue weighted by Crippen LogP contribution is 2.13. The number of nitrogens with one attached hydrogen (secondary N) is 1. The van der Waals surface area contributed by atoms with Crippen molar-refractivity contribution in [1.29, 1.82) is 5.41 Å². The van der Waals surface area contributed by atoms with Gasteiger partial charge in [0.1, 0.15) is 12.4 Å². The molecule has 0 atom stereocenters. The van der Waals surface area contributed by atoms with Gasteiger partial charge in [-0.15, -0.1) is 0 Å². The molecular formula is C13H12N2O. The molecule has 1 aromatic heterocycles. The fraction of sp³-hybridized carbons (Fsp3) is 0.0769. The minimum Gasteiger partial charge on any atom is -0.487 e. The van der Waals surface area contributed by atoms with E-state index in [0.717, 1.165) is 17.0 Å². The Balaban J connectivity index is 2.02. The van der Waals surface area contributed by atoms with Crippen LogP contribution in [0.15, 0.2) is 48.7 Å². The molecule has 2 aromatic rings. The largest absolute Gasteiger partial charge is 0.487 e. The summed E-state index contributed by atoms with van der Waals surface area (Å²) in [5.74, 6) is 0.756. The normalized spacial score (nSPS) is 9.75. The fourth-order valence-corrected chi connectivity index (χ4v) is 1.33. The fourth-order valence-electron chi connectivity index (χ4n) is 1.33. The Hall–Kier alpha value is -2.16. The molecule has 1 aromatic carbocycles. The summed E-state index contributed by atoms with van der Waals surface area (Å²) in [4.78, 5) is 4.17. The Kier molecular flexibility index (Phi) is 3.28. The number of nitrogens with zero attached hydrogens (tertiary/aromatic N) is 1. The first kappa shape index (κ1) is 10.4. The van der Waals surface area contributed by atoms with Crippen LogP contribution in [0.25, 0.3) is 0 Å². The van der Waals surface area contributed by atoms with Gasteiger partial charge in [0.25, 0.3) is 0 Å². The van der Waals surface area contributed by atoms with Crippen LogP contribution in [0.3, 0.4) is 0 Å². The van der Waals surface area contributed by atoms with Crippen LogP contribution in [0.4, 0.5) is 0 Å². The highest BCUT2D eigenvalue weighted by molar-refractivity contribution is 5.77. The average Bonchev–Trinajstić information content (AvgIpc) is 2.38. The van der Waals surface area contributed by atoms with Gasteiger partial charge in [-0.3, -0.25) is 4.98 Å². The molecule has 0 fully saturated rings. The quantitative estimate of drug-likeness (QED) is 0.792. The van der Waals surface area contributed by atoms with E-state index in [1.54, 1.807) is 6.20 Å². The smallest absolute Gasteiger partial charge is 0.130 e. The van der Waals surface area contributed by atoms with E-state index in [0.29, 0.717) is 6.61 Å². The van der Waals surface area contributed by atoms with E-state index in [1.807, 2.05) is 42.5 Å². The van der Waals surface area contributed by atoms with Crippen molar-refractivity contribution in [3.63, 3.8) is 0 Å². The van der Waals surface area contributed by atoms with Crippen LogP contribution in [0.5, 0.6) is 5.75 Å². The van der Waals surface area contributed by atoms with Crippen molar-refractivity contribution in [2.45, 2.75) is 6.61 Å². The zero-order valence-electron chi connectivity index (χ0n) is 8.76. The number of benzene rings is 1. The lowest BCUT2D eigenvalue weighted by molar-refractivity contribution is 0.301. The average molecular weight is 212 g/mol. The minimum atomic E-state index is 0.447. The van der Waals surface area contributed by atoms with E-state index >= 15 is 0 Å². The molecule has 0 spiro atoms. The second kappa shape index (κ2) is 5.07. The summed E-state index contributed by atoms with van der Waals surface area (Å²) in [6, 6.07) is 13.2. The predicted octanol–water partition coefficient (Wildman–Crippen LogP) is 2.66. The lowest BCUT2D eigenvalue weighted by Gasteiger charge is -2.05. The molecule has 0 aliphatic carbocycles. The number of hydrogen-bond acceptors (Lipinski definition) is 3. The molecule has 1 N–H and O–H groups in total. The molecule has 0 saturated heterocycles. The Morgan fingerprint density at radius 1 is 1.19 bits per heavy atom. The predicted molar refractivity (Wildman–Crippen MR) is 62.9 cm³/mol. The molecule has 0 aliphatic heterocycles. The van der Waals surface area contributed by atoms with Crippen molar-refractivity contribution in [3.05, 3.63) is 59.9 Å². The maximum atomic E-state index is 7.14. The summed E-state index contributed by atoms with van der Waals surface area (Å²) in [5, 5.41) is 7.14. The van der Waals surface area contributed by atoms with Crippen LogP contribution in [0.1, 0.15) is 11.3 Å². The molecule has 3 heteroatoms. The van der Waals surface area contributed by atoms with Crippen molar-refractivity contribution < 1.29 is 4.74 Å². The molecule has 3 nitrogen and oxygen atoms in total. The summed E-state index contributed by atoms with van der Waals surface area (Å²) in [6.07, 6.45) is 3.04. The second-order valence-corrected chi connectivity index (χ2v) is 3.33. The van der Waals surface area contributed by atoms with Gasteiger partial charge in [0.15, 0.2) is 0 Å². The zero-order valence-corrected chi connectivity index (χ0v) is 8.76. The number of ether oxygens (including phenoxy) is 1. The molecule has 80 valence electrons. The third-order valence-electron chi connectivity index (χ3n) is 2.14. The third-order valence-corrected chi connectivity index (χ3v) is 2.14. The number of pyridine rings is 1. The molecule has 0 unspecified atom stereocenters. The van der Waals surface area contributed by atoms with E-state index in [2.05, 4.69) is 4.98 Å². The molecule has 2 rings (SSSR count). The molecule has 0 aliphatic rings. The highest BCUT2D eigenvalue weighted by Gasteiger charge is 1.96. The van der Waals surface area contributed by atoms with E-state index in [-0.39, 0.29) is 0 Å². The lowest BCUT2D eigenvalue weighted by Crippen LogP contribution is -1.97. The van der Waals surface area contributed by atoms with Crippen LogP contribution in [-0.4, -0.2) is 11.2 Å². The van der Waals surface area contributed by atoms with Crippen molar-refractivity contribution in [2.24, 2.45) is 0 Å². The highest BCUT2D eigenvalue weighted by atomic mass is 16.5. The van der Waals surface area contributed by atoms with Crippen LogP contribution in [0, 0.1) is 5.41 Å². The second-order valence-electron chi connectivity index (χ2n) is 3.33. The van der Waals surface area contributed by atoms with Gasteiger partial charge in [-0.1, -0.05) is 18.2 Å². The Bertz CT molecular complexity index is 468. The Morgan fingerprint density at radius 2 is 2.12 bits per heavy atom. The van der Waals surface area contributed by atoms with Crippen LogP contribution < -0.4 is 4.74 Å². The van der Waals surface area contributed by atoms with Gasteiger partial charge in [0.2, 0.25) is 0 Å². The van der Waals surface area contributed by atoms with Crippen LogP contribution in [-0.2, 0) is 6.61 Å². The first-order valence-corrected chi connectivity index (χ1v) is 5.02. The van der Waals surface area contributed by atoms with E-state index in [4.69, 9.17) is 10.1 Å². The molecular weight excluding hydrogens is 200 g/mol. The van der Waals surface area contributed by atoms with E-state index in [9.17, 15) is 0 Å². The van der Waals surface area contributed by atoms with Crippen LogP contribution >= 0.6 is 0 Å². The summed E-state index contributed by atoms with van der Waals surface area (Å²) in [7, 11) is 0. The summed E-state index contributed by atoms with van der Waals surface area (Å²) < 4.78 is 5.57. The number of hydrogen-bond donors (Lipinski definition) is 1. The summed E-state index contributed by atoms with van der Waals surface area (Å²) in [6.45, 7) is 0.447. The monoisotopic (exact) mass is 212 g/mol. The molecule has 0 saturated carbocycles. The molecule has 0 bridgehead atoms. The van der Waals surface area contributed by atoms with Crippen molar-refractivity contribution in [2.75, 3.05) is 0 Å². The van der Waals surface area contributed by atoms with Gasteiger partial charge in [0, 0.05) is 12.4 Å². The van der Waals surface area contributed by atoms with Crippen LogP contribution in [0.2, 0.25) is 0 Å². The summed E-state index contributed by atoms with van der Waals surface area (Å²) >= 11 is 0. The van der Waals surface area contributed by atoms with Gasteiger partial charge in [-0.05, 0) is 29.8 Å². The molecule has 1 heterocycles. The first-order valence-electron chi connectivity index (χ1n) is 5.02. The number of aromatic nitrogens is 1. The lowest BCUT2D eigenvalue weighted by atomic mass is 10.2. The topological polar surface area (TPSA) is 46.0 Å². The van der Waals surface area contributed by atoms with Crippen molar-refractivity contribution >= 4 is 6.21 Å². The minimum absolute atomic E-state index is 0.447. The summed E-state index contributed by atoms with van der Waals surface area (Å²) in [5.41, 5.74) is 1.72. The molecule has 16 heavy (non-hydrogen) atoms. The van der Waals surface area contributed by atoms with Gasteiger partial charge < -0.3 is 10.1 Å². The SMILES string of the molecule is N=Cc1cccc(OCc2ccccn2)c1. The van der Waals surface area contributed by atoms with Gasteiger partial charge in [0.05, 0.1) is 5.69 Å². The Labute approximate surface area is 94.2 Å². The standard InChI is InChI=1S/C13H12N2O/c14-9-11-4-3-6-13(8-11)16-10-12-5-1-2-7-15-12/h1-9,14H,10H2. The number of rotatable bonds is 4. The van der Waals surface area contributed by atoms with Gasteiger partial charge >= 0.3 is 0 Å². The van der Waals surface area contributed by atoms with Gasteiger partial charge in [-0.25, -0.2) is 0 Å². The first-order chi connectivity index (χ1) is 7.88. The third kappa shape index (κ3) is 2.67. The molecule has 0 amide bonds. The maximum absolute atomic E-state index is 7.14. The molecule has 0 radical (unpaired) electrons. The maximum Gasteiger partial charge on any atom is 0.130 e. The van der Waals surface area contributed by atoms with Crippen molar-refractivity contribution in [1.82, 2.24) is 4.98 Å².